The summed E-state index contributed by atoms with van der Waals surface area (Å²) >= 11 is 0. The van der Waals surface area contributed by atoms with Gasteiger partial charge in [0.2, 0.25) is 0 Å². The van der Waals surface area contributed by atoms with Crippen LogP contribution in [-0.2, 0) is 28.7 Å². The van der Waals surface area contributed by atoms with Crippen LogP contribution < -0.4 is 5.32 Å². The van der Waals surface area contributed by atoms with E-state index in [1.807, 2.05) is 5.32 Å². The van der Waals surface area contributed by atoms with Crippen molar-refractivity contribution in [2.75, 3.05) is 13.2 Å². The van der Waals surface area contributed by atoms with Gasteiger partial charge in [-0.25, -0.2) is 0 Å². The molecule has 0 aliphatic carbocycles. The van der Waals surface area contributed by atoms with E-state index >= 15 is 0 Å². The number of carbonyl (C=O) groups is 4. The Hall–Kier alpha value is -2.18. The molecule has 1 N–H and O–H groups in total. The van der Waals surface area contributed by atoms with Crippen LogP contribution >= 0.6 is 0 Å². The van der Waals surface area contributed by atoms with Crippen molar-refractivity contribution in [2.24, 2.45) is 5.92 Å². The number of carbonyl (C=O) groups excluding carboxylic acids is 4. The first-order chi connectivity index (χ1) is 8.93. The molecule has 0 atom stereocenters. The van der Waals surface area contributed by atoms with E-state index in [0.29, 0.717) is 0 Å². The molecule has 0 aromatic rings. The number of ether oxygens (including phenoxy) is 2. The van der Waals surface area contributed by atoms with Crippen LogP contribution in [0.2, 0.25) is 0 Å². The Labute approximate surface area is 109 Å². The summed E-state index contributed by atoms with van der Waals surface area (Å²) in [5, 5.41) is 2.02. The third kappa shape index (κ3) is 2.98. The summed E-state index contributed by atoms with van der Waals surface area (Å²) in [6, 6.07) is 0. The molecule has 0 aromatic heterocycles. The van der Waals surface area contributed by atoms with Crippen LogP contribution in [-0.4, -0.2) is 37.0 Å². The second-order valence-electron chi connectivity index (χ2n) is 3.76. The van der Waals surface area contributed by atoms with E-state index in [1.165, 1.54) is 6.92 Å². The van der Waals surface area contributed by atoms with Gasteiger partial charge in [0, 0.05) is 5.57 Å². The second kappa shape index (κ2) is 6.12. The summed E-state index contributed by atoms with van der Waals surface area (Å²) in [5.74, 6) is -4.72. The second-order valence-corrected chi connectivity index (χ2v) is 3.76. The number of esters is 2. The van der Waals surface area contributed by atoms with E-state index in [0.717, 1.165) is 0 Å². The Morgan fingerprint density at radius 2 is 1.53 bits per heavy atom. The van der Waals surface area contributed by atoms with Gasteiger partial charge < -0.3 is 9.47 Å². The van der Waals surface area contributed by atoms with Gasteiger partial charge in [0.25, 0.3) is 11.8 Å². The van der Waals surface area contributed by atoms with Crippen molar-refractivity contribution in [1.82, 2.24) is 5.32 Å². The summed E-state index contributed by atoms with van der Waals surface area (Å²) < 4.78 is 9.50. The zero-order chi connectivity index (χ0) is 14.6. The topological polar surface area (TPSA) is 98.8 Å². The number of imide groups is 1. The zero-order valence-electron chi connectivity index (χ0n) is 10.9. The Morgan fingerprint density at radius 3 is 1.84 bits per heavy atom. The predicted octanol–water partition coefficient (Wildman–Crippen LogP) is -0.298. The van der Waals surface area contributed by atoms with Crippen molar-refractivity contribution in [3.63, 3.8) is 0 Å². The SMILES string of the molecule is CCOC(=O)C(C(=O)OCC)C1=C(C)C(=O)NC1=O. The van der Waals surface area contributed by atoms with Crippen molar-refractivity contribution in [3.05, 3.63) is 11.1 Å². The zero-order valence-corrected chi connectivity index (χ0v) is 10.9. The monoisotopic (exact) mass is 269 g/mol. The van der Waals surface area contributed by atoms with Crippen LogP contribution in [0.15, 0.2) is 11.1 Å². The van der Waals surface area contributed by atoms with E-state index in [9.17, 15) is 19.2 Å². The van der Waals surface area contributed by atoms with Crippen molar-refractivity contribution in [1.29, 1.82) is 0 Å². The fourth-order valence-corrected chi connectivity index (χ4v) is 1.69. The van der Waals surface area contributed by atoms with Crippen LogP contribution in [0.25, 0.3) is 0 Å². The molecule has 1 aliphatic rings. The number of nitrogens with one attached hydrogen (secondary N) is 1. The Kier molecular flexibility index (Phi) is 4.80. The molecule has 0 radical (unpaired) electrons. The maximum absolute atomic E-state index is 11.8. The van der Waals surface area contributed by atoms with Crippen LogP contribution in [0.1, 0.15) is 20.8 Å². The number of amides is 2. The first kappa shape index (κ1) is 14.9. The van der Waals surface area contributed by atoms with E-state index in [4.69, 9.17) is 9.47 Å². The maximum atomic E-state index is 11.8. The van der Waals surface area contributed by atoms with Crippen molar-refractivity contribution >= 4 is 23.8 Å². The molecule has 1 rings (SSSR count). The summed E-state index contributed by atoms with van der Waals surface area (Å²) in [7, 11) is 0. The normalized spacial score (nSPS) is 14.7. The molecular formula is C12H15NO6. The fourth-order valence-electron chi connectivity index (χ4n) is 1.69. The minimum atomic E-state index is -1.52. The van der Waals surface area contributed by atoms with Crippen LogP contribution in [0.5, 0.6) is 0 Å². The van der Waals surface area contributed by atoms with E-state index < -0.39 is 29.7 Å². The van der Waals surface area contributed by atoms with Gasteiger partial charge in [-0.1, -0.05) is 0 Å². The van der Waals surface area contributed by atoms with Gasteiger partial charge >= 0.3 is 11.9 Å². The van der Waals surface area contributed by atoms with Crippen molar-refractivity contribution < 1.29 is 28.7 Å². The smallest absolute Gasteiger partial charge is 0.325 e. The summed E-state index contributed by atoms with van der Waals surface area (Å²) in [6.07, 6.45) is 0. The molecule has 1 heterocycles. The number of rotatable bonds is 5. The molecule has 7 nitrogen and oxygen atoms in total. The fraction of sp³-hybridized carbons (Fsp3) is 0.500. The average Bonchev–Trinajstić information content (AvgIpc) is 2.57. The molecule has 0 saturated carbocycles. The van der Waals surface area contributed by atoms with E-state index in [1.54, 1.807) is 13.8 Å². The minimum Gasteiger partial charge on any atom is -0.465 e. The summed E-state index contributed by atoms with van der Waals surface area (Å²) in [6.45, 7) is 4.61. The molecular weight excluding hydrogens is 254 g/mol. The van der Waals surface area contributed by atoms with Crippen LogP contribution in [0.4, 0.5) is 0 Å². The van der Waals surface area contributed by atoms with Crippen LogP contribution in [0.3, 0.4) is 0 Å². The molecule has 0 bridgehead atoms. The largest absolute Gasteiger partial charge is 0.465 e. The van der Waals surface area contributed by atoms with E-state index in [-0.39, 0.29) is 24.4 Å². The van der Waals surface area contributed by atoms with Gasteiger partial charge in [0.05, 0.1) is 18.8 Å². The van der Waals surface area contributed by atoms with Crippen LogP contribution in [0, 0.1) is 5.92 Å². The standard InChI is InChI=1S/C12H15NO6/c1-4-18-11(16)8(12(17)19-5-2)7-6(3)9(14)13-10(7)15/h8H,4-5H2,1-3H3,(H,13,14,15). The van der Waals surface area contributed by atoms with Gasteiger partial charge in [-0.15, -0.1) is 0 Å². The molecule has 0 aromatic carbocycles. The third-order valence-electron chi connectivity index (χ3n) is 2.55. The average molecular weight is 269 g/mol. The van der Waals surface area contributed by atoms with Crippen molar-refractivity contribution in [2.45, 2.75) is 20.8 Å². The summed E-state index contributed by atoms with van der Waals surface area (Å²) in [5.41, 5.74) is -0.182. The number of hydrogen-bond donors (Lipinski definition) is 1. The molecule has 104 valence electrons. The molecule has 2 amide bonds. The molecule has 0 unspecified atom stereocenters. The lowest BCUT2D eigenvalue weighted by atomic mass is 9.96. The number of hydrogen-bond acceptors (Lipinski definition) is 6. The van der Waals surface area contributed by atoms with Gasteiger partial charge in [-0.3, -0.25) is 24.5 Å². The highest BCUT2D eigenvalue weighted by Crippen LogP contribution is 2.23. The first-order valence-electron chi connectivity index (χ1n) is 5.83. The molecule has 1 aliphatic heterocycles. The molecule has 0 fully saturated rings. The minimum absolute atomic E-state index is 0.0242. The Balaban J connectivity index is 3.17. The first-order valence-corrected chi connectivity index (χ1v) is 5.83. The van der Waals surface area contributed by atoms with E-state index in [2.05, 4.69) is 0 Å². The lowest BCUT2D eigenvalue weighted by Crippen LogP contribution is -2.34. The van der Waals surface area contributed by atoms with Gasteiger partial charge in [-0.05, 0) is 20.8 Å². The molecule has 0 saturated heterocycles. The third-order valence-corrected chi connectivity index (χ3v) is 2.55. The molecule has 7 heteroatoms. The lowest BCUT2D eigenvalue weighted by molar-refractivity contribution is -0.160. The summed E-state index contributed by atoms with van der Waals surface area (Å²) in [4.78, 5) is 46.6. The highest BCUT2D eigenvalue weighted by Gasteiger charge is 2.42. The van der Waals surface area contributed by atoms with Gasteiger partial charge in [0.1, 0.15) is 0 Å². The molecule has 19 heavy (non-hydrogen) atoms. The highest BCUT2D eigenvalue weighted by molar-refractivity contribution is 6.23. The Bertz CT molecular complexity index is 447. The van der Waals surface area contributed by atoms with Crippen molar-refractivity contribution in [3.8, 4) is 0 Å². The lowest BCUT2D eigenvalue weighted by Gasteiger charge is -2.14. The molecule has 0 spiro atoms. The Morgan fingerprint density at radius 1 is 1.05 bits per heavy atom. The highest BCUT2D eigenvalue weighted by atomic mass is 16.6. The van der Waals surface area contributed by atoms with Gasteiger partial charge in [-0.2, -0.15) is 0 Å². The van der Waals surface area contributed by atoms with Gasteiger partial charge in [0.15, 0.2) is 5.92 Å². The quantitative estimate of drug-likeness (QED) is 0.418. The maximum Gasteiger partial charge on any atom is 0.325 e. The predicted molar refractivity (Wildman–Crippen MR) is 62.6 cm³/mol.